The highest BCUT2D eigenvalue weighted by Crippen LogP contribution is 2.21. The lowest BCUT2D eigenvalue weighted by atomic mass is 10.0. The number of aliphatic hydroxyl groups is 1. The maximum Gasteiger partial charge on any atom is 0.126 e. The van der Waals surface area contributed by atoms with E-state index < -0.39 is 6.10 Å². The fourth-order valence-corrected chi connectivity index (χ4v) is 1.18. The second-order valence-electron chi connectivity index (χ2n) is 2.83. The van der Waals surface area contributed by atoms with Crippen molar-refractivity contribution in [2.45, 2.75) is 19.4 Å². The summed E-state index contributed by atoms with van der Waals surface area (Å²) in [5.74, 6) is -0.352. The number of benzene rings is 1. The van der Waals surface area contributed by atoms with Crippen LogP contribution in [0, 0.1) is 24.1 Å². The maximum absolute atomic E-state index is 13.0. The standard InChI is InChI=1S/C10H10FNO/c1-7-8(10(13)5-6-12)3-2-4-9(7)11/h2-4,10,13H,5H2,1H3. The molecule has 0 aromatic heterocycles. The molecule has 1 atom stereocenters. The summed E-state index contributed by atoms with van der Waals surface area (Å²) in [5, 5.41) is 17.8. The molecule has 3 heteroatoms. The van der Waals surface area contributed by atoms with Crippen LogP contribution in [0.15, 0.2) is 18.2 Å². The van der Waals surface area contributed by atoms with Gasteiger partial charge in [-0.25, -0.2) is 4.39 Å². The molecular weight excluding hydrogens is 169 g/mol. The summed E-state index contributed by atoms with van der Waals surface area (Å²) in [7, 11) is 0. The Hall–Kier alpha value is -1.40. The zero-order valence-corrected chi connectivity index (χ0v) is 7.29. The first-order valence-corrected chi connectivity index (χ1v) is 3.97. The van der Waals surface area contributed by atoms with Crippen LogP contribution in [0.2, 0.25) is 0 Å². The molecule has 0 heterocycles. The third-order valence-electron chi connectivity index (χ3n) is 1.95. The predicted octanol–water partition coefficient (Wildman–Crippen LogP) is 2.08. The summed E-state index contributed by atoms with van der Waals surface area (Å²) in [6, 6.07) is 6.32. The summed E-state index contributed by atoms with van der Waals surface area (Å²) < 4.78 is 13.0. The van der Waals surface area contributed by atoms with Gasteiger partial charge in [0.1, 0.15) is 5.82 Å². The Morgan fingerprint density at radius 1 is 1.62 bits per heavy atom. The first-order valence-electron chi connectivity index (χ1n) is 3.97. The van der Waals surface area contributed by atoms with Crippen molar-refractivity contribution in [1.82, 2.24) is 0 Å². The molecule has 0 saturated carbocycles. The topological polar surface area (TPSA) is 44.0 Å². The van der Waals surface area contributed by atoms with E-state index in [1.165, 1.54) is 12.1 Å². The van der Waals surface area contributed by atoms with Gasteiger partial charge in [-0.05, 0) is 24.1 Å². The summed E-state index contributed by atoms with van der Waals surface area (Å²) in [4.78, 5) is 0. The van der Waals surface area contributed by atoms with Crippen LogP contribution in [0.25, 0.3) is 0 Å². The SMILES string of the molecule is Cc1c(F)cccc1C(O)CC#N. The van der Waals surface area contributed by atoms with Gasteiger partial charge in [0, 0.05) is 0 Å². The molecule has 0 radical (unpaired) electrons. The molecule has 1 aromatic carbocycles. The molecule has 1 rings (SSSR count). The van der Waals surface area contributed by atoms with Gasteiger partial charge in [-0.2, -0.15) is 5.26 Å². The minimum atomic E-state index is -0.888. The van der Waals surface area contributed by atoms with Gasteiger partial charge in [0.2, 0.25) is 0 Å². The molecule has 0 saturated heterocycles. The second kappa shape index (κ2) is 4.01. The van der Waals surface area contributed by atoms with Crippen LogP contribution in [0.5, 0.6) is 0 Å². The Morgan fingerprint density at radius 3 is 2.92 bits per heavy atom. The number of rotatable bonds is 2. The van der Waals surface area contributed by atoms with E-state index in [4.69, 9.17) is 5.26 Å². The highest BCUT2D eigenvalue weighted by Gasteiger charge is 2.11. The van der Waals surface area contributed by atoms with Crippen molar-refractivity contribution in [3.05, 3.63) is 35.1 Å². The highest BCUT2D eigenvalue weighted by atomic mass is 19.1. The Kier molecular flexibility index (Phi) is 2.99. The molecule has 2 nitrogen and oxygen atoms in total. The number of nitriles is 1. The monoisotopic (exact) mass is 179 g/mol. The Balaban J connectivity index is 3.02. The van der Waals surface area contributed by atoms with Crippen LogP contribution in [0.3, 0.4) is 0 Å². The number of aliphatic hydroxyl groups excluding tert-OH is 1. The van der Waals surface area contributed by atoms with Crippen molar-refractivity contribution in [3.8, 4) is 6.07 Å². The third kappa shape index (κ3) is 2.04. The molecule has 0 amide bonds. The number of hydrogen-bond acceptors (Lipinski definition) is 2. The zero-order valence-electron chi connectivity index (χ0n) is 7.29. The average Bonchev–Trinajstić information content (AvgIpc) is 2.10. The van der Waals surface area contributed by atoms with Crippen LogP contribution in [-0.2, 0) is 0 Å². The minimum absolute atomic E-state index is 0.00963. The van der Waals surface area contributed by atoms with Crippen molar-refractivity contribution >= 4 is 0 Å². The number of halogens is 1. The summed E-state index contributed by atoms with van der Waals surface area (Å²) in [5.41, 5.74) is 0.895. The van der Waals surface area contributed by atoms with E-state index in [2.05, 4.69) is 0 Å². The van der Waals surface area contributed by atoms with Crippen molar-refractivity contribution < 1.29 is 9.50 Å². The smallest absolute Gasteiger partial charge is 0.126 e. The summed E-state index contributed by atoms with van der Waals surface area (Å²) in [6.45, 7) is 1.59. The molecule has 0 bridgehead atoms. The van der Waals surface area contributed by atoms with E-state index in [1.54, 1.807) is 13.0 Å². The van der Waals surface area contributed by atoms with Crippen molar-refractivity contribution in [3.63, 3.8) is 0 Å². The Labute approximate surface area is 76.2 Å². The summed E-state index contributed by atoms with van der Waals surface area (Å²) >= 11 is 0. The first kappa shape index (κ1) is 9.69. The quantitative estimate of drug-likeness (QED) is 0.755. The van der Waals surface area contributed by atoms with Gasteiger partial charge >= 0.3 is 0 Å². The molecule has 0 aliphatic rings. The fourth-order valence-electron chi connectivity index (χ4n) is 1.18. The van der Waals surface area contributed by atoms with Gasteiger partial charge in [-0.1, -0.05) is 12.1 Å². The van der Waals surface area contributed by atoms with E-state index in [1.807, 2.05) is 6.07 Å². The summed E-state index contributed by atoms with van der Waals surface area (Å²) in [6.07, 6.45) is -0.898. The molecule has 1 unspecified atom stereocenters. The van der Waals surface area contributed by atoms with Crippen LogP contribution < -0.4 is 0 Å². The van der Waals surface area contributed by atoms with E-state index in [-0.39, 0.29) is 12.2 Å². The van der Waals surface area contributed by atoms with Gasteiger partial charge in [-0.15, -0.1) is 0 Å². The van der Waals surface area contributed by atoms with Gasteiger partial charge in [0.05, 0.1) is 18.6 Å². The van der Waals surface area contributed by atoms with Crippen molar-refractivity contribution in [2.24, 2.45) is 0 Å². The second-order valence-corrected chi connectivity index (χ2v) is 2.83. The lowest BCUT2D eigenvalue weighted by molar-refractivity contribution is 0.182. The van der Waals surface area contributed by atoms with Gasteiger partial charge in [-0.3, -0.25) is 0 Å². The fraction of sp³-hybridized carbons (Fsp3) is 0.300. The minimum Gasteiger partial charge on any atom is -0.387 e. The average molecular weight is 179 g/mol. The van der Waals surface area contributed by atoms with Crippen molar-refractivity contribution in [1.29, 1.82) is 5.26 Å². The van der Waals surface area contributed by atoms with Crippen LogP contribution in [0.1, 0.15) is 23.7 Å². The van der Waals surface area contributed by atoms with Gasteiger partial charge < -0.3 is 5.11 Å². The van der Waals surface area contributed by atoms with Crippen LogP contribution in [-0.4, -0.2) is 5.11 Å². The molecule has 1 aromatic rings. The van der Waals surface area contributed by atoms with Crippen molar-refractivity contribution in [2.75, 3.05) is 0 Å². The maximum atomic E-state index is 13.0. The Morgan fingerprint density at radius 2 is 2.31 bits per heavy atom. The lowest BCUT2D eigenvalue weighted by Crippen LogP contribution is -2.00. The van der Waals surface area contributed by atoms with E-state index in [9.17, 15) is 9.50 Å². The lowest BCUT2D eigenvalue weighted by Gasteiger charge is -2.10. The number of nitrogens with zero attached hydrogens (tertiary/aromatic N) is 1. The highest BCUT2D eigenvalue weighted by molar-refractivity contribution is 5.29. The largest absolute Gasteiger partial charge is 0.387 e. The molecule has 0 aliphatic heterocycles. The molecule has 0 aliphatic carbocycles. The third-order valence-corrected chi connectivity index (χ3v) is 1.95. The zero-order chi connectivity index (χ0) is 9.84. The molecule has 1 N–H and O–H groups in total. The van der Waals surface area contributed by atoms with E-state index in [0.717, 1.165) is 0 Å². The molecular formula is C10H10FNO. The predicted molar refractivity (Wildman–Crippen MR) is 46.3 cm³/mol. The molecule has 68 valence electrons. The molecule has 13 heavy (non-hydrogen) atoms. The van der Waals surface area contributed by atoms with Gasteiger partial charge in [0.25, 0.3) is 0 Å². The van der Waals surface area contributed by atoms with Gasteiger partial charge in [0.15, 0.2) is 0 Å². The van der Waals surface area contributed by atoms with Crippen LogP contribution in [0.4, 0.5) is 4.39 Å². The number of hydrogen-bond donors (Lipinski definition) is 1. The normalized spacial score (nSPS) is 12.2. The van der Waals surface area contributed by atoms with Crippen LogP contribution >= 0.6 is 0 Å². The first-order chi connectivity index (χ1) is 6.16. The Bertz CT molecular complexity index is 343. The molecule has 0 spiro atoms. The van der Waals surface area contributed by atoms with E-state index in [0.29, 0.717) is 11.1 Å². The van der Waals surface area contributed by atoms with E-state index >= 15 is 0 Å². The molecule has 0 fully saturated rings.